The summed E-state index contributed by atoms with van der Waals surface area (Å²) in [6.07, 6.45) is 2.45. The predicted octanol–water partition coefficient (Wildman–Crippen LogP) is 2.27. The highest BCUT2D eigenvalue weighted by atomic mass is 35.5. The number of halogens is 1. The molecular weight excluding hydrogens is 260 g/mol. The maximum Gasteiger partial charge on any atom is 0.130 e. The van der Waals surface area contributed by atoms with Gasteiger partial charge >= 0.3 is 0 Å². The topological polar surface area (TPSA) is 55.0 Å². The number of anilines is 1. The van der Waals surface area contributed by atoms with E-state index in [9.17, 15) is 0 Å². The third-order valence-corrected chi connectivity index (χ3v) is 3.69. The van der Waals surface area contributed by atoms with Crippen molar-refractivity contribution < 1.29 is 0 Å². The Labute approximate surface area is 117 Å². The minimum atomic E-state index is 0.621. The zero-order valence-electron chi connectivity index (χ0n) is 10.5. The van der Waals surface area contributed by atoms with E-state index in [2.05, 4.69) is 27.0 Å². The van der Waals surface area contributed by atoms with Gasteiger partial charge in [-0.25, -0.2) is 9.97 Å². The Morgan fingerprint density at radius 1 is 1.21 bits per heavy atom. The van der Waals surface area contributed by atoms with Crippen LogP contribution in [-0.2, 0) is 19.5 Å². The molecule has 2 N–H and O–H groups in total. The van der Waals surface area contributed by atoms with Gasteiger partial charge in [0.15, 0.2) is 0 Å². The summed E-state index contributed by atoms with van der Waals surface area (Å²) in [5, 5.41) is 0.772. The number of fused-ring (bicyclic) bond motifs is 1. The highest BCUT2D eigenvalue weighted by Crippen LogP contribution is 2.22. The first kappa shape index (κ1) is 12.4. The fourth-order valence-corrected chi connectivity index (χ4v) is 2.54. The van der Waals surface area contributed by atoms with Gasteiger partial charge in [0.2, 0.25) is 0 Å². The molecule has 1 aromatic carbocycles. The Balaban J connectivity index is 1.74. The zero-order valence-corrected chi connectivity index (χ0v) is 11.3. The maximum atomic E-state index is 5.89. The van der Waals surface area contributed by atoms with E-state index >= 15 is 0 Å². The molecule has 98 valence electrons. The third-order valence-electron chi connectivity index (χ3n) is 3.44. The molecule has 1 aliphatic heterocycles. The summed E-state index contributed by atoms with van der Waals surface area (Å²) in [5.41, 5.74) is 9.29. The minimum Gasteiger partial charge on any atom is -0.383 e. The summed E-state index contributed by atoms with van der Waals surface area (Å²) < 4.78 is 0. The van der Waals surface area contributed by atoms with E-state index in [-0.39, 0.29) is 0 Å². The second-order valence-electron chi connectivity index (χ2n) is 4.77. The molecule has 0 spiro atoms. The molecule has 0 saturated heterocycles. The van der Waals surface area contributed by atoms with E-state index in [4.69, 9.17) is 17.3 Å². The van der Waals surface area contributed by atoms with Crippen molar-refractivity contribution in [3.8, 4) is 0 Å². The zero-order chi connectivity index (χ0) is 13.2. The van der Waals surface area contributed by atoms with Gasteiger partial charge in [-0.3, -0.25) is 4.90 Å². The van der Waals surface area contributed by atoms with Gasteiger partial charge in [0, 0.05) is 30.2 Å². The molecule has 3 rings (SSSR count). The van der Waals surface area contributed by atoms with Crippen LogP contribution in [0.5, 0.6) is 0 Å². The largest absolute Gasteiger partial charge is 0.383 e. The molecule has 5 heteroatoms. The summed E-state index contributed by atoms with van der Waals surface area (Å²) >= 11 is 5.89. The van der Waals surface area contributed by atoms with Crippen LogP contribution in [0.2, 0.25) is 5.02 Å². The van der Waals surface area contributed by atoms with Crippen LogP contribution in [0.3, 0.4) is 0 Å². The standard InChI is InChI=1S/C14H15ClN4/c15-11-3-1-10(2-4-11)7-19-6-5-12-13(8-19)17-9-18-14(12)16/h1-4,9H,5-8H2,(H2,16,17,18). The first-order valence-electron chi connectivity index (χ1n) is 6.27. The van der Waals surface area contributed by atoms with Crippen LogP contribution in [0.25, 0.3) is 0 Å². The van der Waals surface area contributed by atoms with Crippen molar-refractivity contribution in [1.29, 1.82) is 0 Å². The van der Waals surface area contributed by atoms with Gasteiger partial charge in [-0.2, -0.15) is 0 Å². The number of aromatic nitrogens is 2. The summed E-state index contributed by atoms with van der Waals surface area (Å²) in [7, 11) is 0. The predicted molar refractivity (Wildman–Crippen MR) is 75.7 cm³/mol. The molecule has 4 nitrogen and oxygen atoms in total. The molecule has 0 aliphatic carbocycles. The average Bonchev–Trinajstić information content (AvgIpc) is 2.42. The lowest BCUT2D eigenvalue weighted by atomic mass is 10.0. The number of nitrogens with zero attached hydrogens (tertiary/aromatic N) is 3. The van der Waals surface area contributed by atoms with Crippen molar-refractivity contribution in [3.05, 3.63) is 52.4 Å². The quantitative estimate of drug-likeness (QED) is 0.913. The molecule has 2 aromatic rings. The SMILES string of the molecule is Nc1ncnc2c1CCN(Cc1ccc(Cl)cc1)C2. The molecule has 0 fully saturated rings. The Morgan fingerprint density at radius 3 is 2.79 bits per heavy atom. The van der Waals surface area contributed by atoms with Crippen molar-refractivity contribution in [2.24, 2.45) is 0 Å². The van der Waals surface area contributed by atoms with Gasteiger partial charge < -0.3 is 5.73 Å². The lowest BCUT2D eigenvalue weighted by Crippen LogP contribution is -2.31. The Bertz CT molecular complexity index is 582. The molecule has 0 amide bonds. The van der Waals surface area contributed by atoms with Gasteiger partial charge in [-0.05, 0) is 24.1 Å². The van der Waals surface area contributed by atoms with Gasteiger partial charge in [0.25, 0.3) is 0 Å². The van der Waals surface area contributed by atoms with E-state index in [0.717, 1.165) is 42.3 Å². The molecule has 0 radical (unpaired) electrons. The molecular formula is C14H15ClN4. The minimum absolute atomic E-state index is 0.621. The molecule has 1 aliphatic rings. The van der Waals surface area contributed by atoms with Crippen molar-refractivity contribution in [1.82, 2.24) is 14.9 Å². The summed E-state index contributed by atoms with van der Waals surface area (Å²) in [6.45, 7) is 2.71. The number of hydrogen-bond donors (Lipinski definition) is 1. The van der Waals surface area contributed by atoms with Crippen LogP contribution in [0.15, 0.2) is 30.6 Å². The lowest BCUT2D eigenvalue weighted by molar-refractivity contribution is 0.241. The average molecular weight is 275 g/mol. The molecule has 0 unspecified atom stereocenters. The number of nitrogens with two attached hydrogens (primary N) is 1. The highest BCUT2D eigenvalue weighted by Gasteiger charge is 2.19. The number of benzene rings is 1. The van der Waals surface area contributed by atoms with Crippen LogP contribution in [0.4, 0.5) is 5.82 Å². The normalized spacial score (nSPS) is 15.2. The Morgan fingerprint density at radius 2 is 2.00 bits per heavy atom. The van der Waals surface area contributed by atoms with Crippen LogP contribution in [-0.4, -0.2) is 21.4 Å². The number of hydrogen-bond acceptors (Lipinski definition) is 4. The maximum absolute atomic E-state index is 5.89. The second kappa shape index (κ2) is 5.15. The summed E-state index contributed by atoms with van der Waals surface area (Å²) in [5.74, 6) is 0.621. The first-order chi connectivity index (χ1) is 9.22. The lowest BCUT2D eigenvalue weighted by Gasteiger charge is -2.28. The fraction of sp³-hybridized carbons (Fsp3) is 0.286. The molecule has 0 bridgehead atoms. The van der Waals surface area contributed by atoms with Crippen molar-refractivity contribution in [3.63, 3.8) is 0 Å². The molecule has 2 heterocycles. The molecule has 1 aromatic heterocycles. The van der Waals surface area contributed by atoms with Crippen LogP contribution < -0.4 is 5.73 Å². The molecule has 19 heavy (non-hydrogen) atoms. The molecule has 0 atom stereocenters. The smallest absolute Gasteiger partial charge is 0.130 e. The van der Waals surface area contributed by atoms with Crippen LogP contribution in [0, 0.1) is 0 Å². The first-order valence-corrected chi connectivity index (χ1v) is 6.65. The van der Waals surface area contributed by atoms with Crippen LogP contribution >= 0.6 is 11.6 Å². The second-order valence-corrected chi connectivity index (χ2v) is 5.21. The highest BCUT2D eigenvalue weighted by molar-refractivity contribution is 6.30. The van der Waals surface area contributed by atoms with Gasteiger partial charge in [0.05, 0.1) is 5.69 Å². The van der Waals surface area contributed by atoms with E-state index in [1.165, 1.54) is 5.56 Å². The van der Waals surface area contributed by atoms with E-state index in [1.54, 1.807) is 6.33 Å². The molecule has 0 saturated carbocycles. The van der Waals surface area contributed by atoms with Crippen molar-refractivity contribution in [2.45, 2.75) is 19.5 Å². The third kappa shape index (κ3) is 2.69. The van der Waals surface area contributed by atoms with Gasteiger partial charge in [0.1, 0.15) is 12.1 Å². The Kier molecular flexibility index (Phi) is 3.36. The van der Waals surface area contributed by atoms with Gasteiger partial charge in [-0.15, -0.1) is 0 Å². The summed E-state index contributed by atoms with van der Waals surface area (Å²) in [4.78, 5) is 10.7. The number of rotatable bonds is 2. The van der Waals surface area contributed by atoms with Gasteiger partial charge in [-0.1, -0.05) is 23.7 Å². The van der Waals surface area contributed by atoms with E-state index in [0.29, 0.717) is 5.82 Å². The van der Waals surface area contributed by atoms with E-state index in [1.807, 2.05) is 12.1 Å². The fourth-order valence-electron chi connectivity index (χ4n) is 2.42. The Hall–Kier alpha value is -1.65. The van der Waals surface area contributed by atoms with E-state index < -0.39 is 0 Å². The summed E-state index contributed by atoms with van der Waals surface area (Å²) in [6, 6.07) is 7.97. The van der Waals surface area contributed by atoms with Crippen molar-refractivity contribution in [2.75, 3.05) is 12.3 Å². The number of nitrogen functional groups attached to an aromatic ring is 1. The monoisotopic (exact) mass is 274 g/mol. The van der Waals surface area contributed by atoms with Crippen LogP contribution in [0.1, 0.15) is 16.8 Å². The van der Waals surface area contributed by atoms with Crippen molar-refractivity contribution >= 4 is 17.4 Å².